The number of H-pyrrole nitrogens is 1. The summed E-state index contributed by atoms with van der Waals surface area (Å²) in [5.74, 6) is 2.60. The molecule has 0 bridgehead atoms. The van der Waals surface area contributed by atoms with Crippen LogP contribution in [0.2, 0.25) is 0 Å². The topological polar surface area (TPSA) is 28.7 Å². The van der Waals surface area contributed by atoms with E-state index < -0.39 is 0 Å². The van der Waals surface area contributed by atoms with Crippen molar-refractivity contribution in [3.63, 3.8) is 0 Å². The molecule has 2 aromatic rings. The molecule has 0 saturated carbocycles. The lowest BCUT2D eigenvalue weighted by molar-refractivity contribution is 1.12. The molecule has 0 aliphatic carbocycles. The Bertz CT molecular complexity index is 461. The summed E-state index contributed by atoms with van der Waals surface area (Å²) in [4.78, 5) is 0. The second kappa shape index (κ2) is 4.48. The predicted molar refractivity (Wildman–Crippen MR) is 60.1 cm³/mol. The number of nitrogens with one attached hydrogen (secondary N) is 1. The van der Waals surface area contributed by atoms with E-state index in [1.165, 1.54) is 0 Å². The lowest BCUT2D eigenvalue weighted by Crippen LogP contribution is -1.79. The molecule has 0 amide bonds. The van der Waals surface area contributed by atoms with Gasteiger partial charge in [0, 0.05) is 10.9 Å². The second-order valence-corrected chi connectivity index (χ2v) is 2.77. The molecule has 0 aliphatic rings. The van der Waals surface area contributed by atoms with Gasteiger partial charge in [-0.15, -0.1) is 6.42 Å². The zero-order valence-electron chi connectivity index (χ0n) is 8.76. The van der Waals surface area contributed by atoms with Gasteiger partial charge in [0.1, 0.15) is 0 Å². The summed E-state index contributed by atoms with van der Waals surface area (Å²) in [5, 5.41) is 7.97. The molecule has 0 unspecified atom stereocenters. The van der Waals surface area contributed by atoms with Crippen LogP contribution in [-0.2, 0) is 0 Å². The normalized spacial score (nSPS) is 9.00. The molecule has 0 fully saturated rings. The maximum atomic E-state index is 5.29. The molecule has 0 radical (unpaired) electrons. The van der Waals surface area contributed by atoms with Gasteiger partial charge < -0.3 is 0 Å². The first-order valence-electron chi connectivity index (χ1n) is 4.71. The monoisotopic (exact) mass is 186 g/mol. The molecule has 0 saturated heterocycles. The van der Waals surface area contributed by atoms with Crippen LogP contribution in [0.5, 0.6) is 0 Å². The highest BCUT2D eigenvalue weighted by molar-refractivity contribution is 5.82. The number of aromatic nitrogens is 2. The molecule has 2 rings (SSSR count). The summed E-state index contributed by atoms with van der Waals surface area (Å²) < 4.78 is 0. The molecule has 2 nitrogen and oxygen atoms in total. The number of nitrogens with zero attached hydrogens (tertiary/aromatic N) is 1. The summed E-state index contributed by atoms with van der Waals surface area (Å²) in [6.45, 7) is 6.03. The Balaban J connectivity index is 0.000000461. The minimum atomic E-state index is 0.893. The summed E-state index contributed by atoms with van der Waals surface area (Å²) in [7, 11) is 0. The molecule has 1 aromatic carbocycles. The van der Waals surface area contributed by atoms with Crippen LogP contribution >= 0.6 is 0 Å². The number of aryl methyl sites for hydroxylation is 1. The van der Waals surface area contributed by atoms with Gasteiger partial charge in [0.05, 0.1) is 11.7 Å². The van der Waals surface area contributed by atoms with Crippen LogP contribution in [0, 0.1) is 19.3 Å². The van der Waals surface area contributed by atoms with Crippen molar-refractivity contribution in [3.05, 3.63) is 29.5 Å². The minimum Gasteiger partial charge on any atom is -0.278 e. The van der Waals surface area contributed by atoms with Crippen LogP contribution in [-0.4, -0.2) is 10.2 Å². The molecule has 0 atom stereocenters. The Morgan fingerprint density at radius 3 is 2.71 bits per heavy atom. The third-order valence-electron chi connectivity index (χ3n) is 1.93. The lowest BCUT2D eigenvalue weighted by atomic mass is 10.1. The Morgan fingerprint density at radius 2 is 2.07 bits per heavy atom. The Kier molecular flexibility index (Phi) is 3.30. The van der Waals surface area contributed by atoms with Gasteiger partial charge in [-0.2, -0.15) is 5.10 Å². The zero-order chi connectivity index (χ0) is 10.6. The highest BCUT2D eigenvalue weighted by Gasteiger charge is 1.99. The van der Waals surface area contributed by atoms with Crippen LogP contribution in [0.4, 0.5) is 0 Å². The Hall–Kier alpha value is -1.75. The van der Waals surface area contributed by atoms with Crippen molar-refractivity contribution >= 4 is 10.9 Å². The van der Waals surface area contributed by atoms with Crippen molar-refractivity contribution in [2.24, 2.45) is 0 Å². The van der Waals surface area contributed by atoms with Gasteiger partial charge >= 0.3 is 0 Å². The van der Waals surface area contributed by atoms with Crippen molar-refractivity contribution in [1.82, 2.24) is 10.2 Å². The zero-order valence-corrected chi connectivity index (χ0v) is 8.76. The molecule has 72 valence electrons. The van der Waals surface area contributed by atoms with Crippen molar-refractivity contribution in [1.29, 1.82) is 0 Å². The number of hydrogen-bond acceptors (Lipinski definition) is 1. The summed E-state index contributed by atoms with van der Waals surface area (Å²) in [5.41, 5.74) is 3.06. The molecule has 0 aliphatic heterocycles. The average molecular weight is 186 g/mol. The highest BCUT2D eigenvalue weighted by Crippen LogP contribution is 2.17. The van der Waals surface area contributed by atoms with Gasteiger partial charge in [0.15, 0.2) is 0 Å². The van der Waals surface area contributed by atoms with Gasteiger partial charge in [-0.1, -0.05) is 19.8 Å². The second-order valence-electron chi connectivity index (χ2n) is 2.77. The molecule has 0 spiro atoms. The molecular weight excluding hydrogens is 172 g/mol. The standard InChI is InChI=1S/C10H8N2.C2H6/c1-3-8-4-7(2)9-6-11-12-10(9)5-8;1-2/h1,4-6H,2H3,(H,11,12);1-2H3. The van der Waals surface area contributed by atoms with E-state index in [0.29, 0.717) is 0 Å². The van der Waals surface area contributed by atoms with Gasteiger partial charge in [-0.05, 0) is 24.6 Å². The molecule has 1 aromatic heterocycles. The van der Waals surface area contributed by atoms with Crippen LogP contribution in [0.1, 0.15) is 25.0 Å². The van der Waals surface area contributed by atoms with Gasteiger partial charge in [-0.25, -0.2) is 0 Å². The van der Waals surface area contributed by atoms with E-state index in [9.17, 15) is 0 Å². The van der Waals surface area contributed by atoms with E-state index in [-0.39, 0.29) is 0 Å². The van der Waals surface area contributed by atoms with Gasteiger partial charge in [0.25, 0.3) is 0 Å². The molecular formula is C12H14N2. The molecule has 1 heterocycles. The number of hydrogen-bond donors (Lipinski definition) is 1. The summed E-state index contributed by atoms with van der Waals surface area (Å²) in [6.07, 6.45) is 7.10. The molecule has 2 heteroatoms. The maximum absolute atomic E-state index is 5.29. The number of fused-ring (bicyclic) bond motifs is 1. The number of aromatic amines is 1. The molecule has 14 heavy (non-hydrogen) atoms. The van der Waals surface area contributed by atoms with Gasteiger partial charge in [-0.3, -0.25) is 5.10 Å². The van der Waals surface area contributed by atoms with Gasteiger partial charge in [0.2, 0.25) is 0 Å². The Morgan fingerprint density at radius 1 is 1.36 bits per heavy atom. The fourth-order valence-electron chi connectivity index (χ4n) is 1.31. The summed E-state index contributed by atoms with van der Waals surface area (Å²) in [6, 6.07) is 3.91. The largest absolute Gasteiger partial charge is 0.278 e. The number of rotatable bonds is 0. The van der Waals surface area contributed by atoms with E-state index in [1.807, 2.05) is 39.1 Å². The third-order valence-corrected chi connectivity index (χ3v) is 1.93. The van der Waals surface area contributed by atoms with Crippen LogP contribution < -0.4 is 0 Å². The average Bonchev–Trinajstić information content (AvgIpc) is 2.69. The van der Waals surface area contributed by atoms with E-state index >= 15 is 0 Å². The maximum Gasteiger partial charge on any atom is 0.0665 e. The van der Waals surface area contributed by atoms with Crippen molar-refractivity contribution in [2.45, 2.75) is 20.8 Å². The van der Waals surface area contributed by atoms with E-state index in [0.717, 1.165) is 22.0 Å². The fourth-order valence-corrected chi connectivity index (χ4v) is 1.31. The van der Waals surface area contributed by atoms with Crippen molar-refractivity contribution in [2.75, 3.05) is 0 Å². The highest BCUT2D eigenvalue weighted by atomic mass is 15.1. The lowest BCUT2D eigenvalue weighted by Gasteiger charge is -1.95. The van der Waals surface area contributed by atoms with Crippen LogP contribution in [0.25, 0.3) is 10.9 Å². The number of terminal acetylenes is 1. The van der Waals surface area contributed by atoms with E-state index in [2.05, 4.69) is 16.1 Å². The smallest absolute Gasteiger partial charge is 0.0665 e. The van der Waals surface area contributed by atoms with Crippen LogP contribution in [0.15, 0.2) is 18.3 Å². The molecule has 1 N–H and O–H groups in total. The Labute approximate surface area is 84.3 Å². The fraction of sp³-hybridized carbons (Fsp3) is 0.250. The first-order chi connectivity index (χ1) is 6.81. The van der Waals surface area contributed by atoms with Crippen LogP contribution in [0.3, 0.4) is 0 Å². The quantitative estimate of drug-likeness (QED) is 0.630. The summed E-state index contributed by atoms with van der Waals surface area (Å²) >= 11 is 0. The first-order valence-corrected chi connectivity index (χ1v) is 4.71. The van der Waals surface area contributed by atoms with E-state index in [1.54, 1.807) is 0 Å². The minimum absolute atomic E-state index is 0.893. The SMILES string of the molecule is C#Cc1cc(C)c2cn[nH]c2c1.CC. The first kappa shape index (κ1) is 10.3. The predicted octanol–water partition coefficient (Wildman–Crippen LogP) is 2.88. The van der Waals surface area contributed by atoms with Crippen molar-refractivity contribution < 1.29 is 0 Å². The third kappa shape index (κ3) is 1.77. The van der Waals surface area contributed by atoms with E-state index in [4.69, 9.17) is 6.42 Å². The van der Waals surface area contributed by atoms with Crippen molar-refractivity contribution in [3.8, 4) is 12.3 Å². The number of benzene rings is 1.